The summed E-state index contributed by atoms with van der Waals surface area (Å²) in [4.78, 5) is 16.2. The summed E-state index contributed by atoms with van der Waals surface area (Å²) in [5.74, 6) is -0.0517. The lowest BCUT2D eigenvalue weighted by atomic mass is 10.0. The number of likely N-dealkylation sites (tertiary alicyclic amines) is 1. The Bertz CT molecular complexity index is 402. The first-order valence-electron chi connectivity index (χ1n) is 7.27. The average Bonchev–Trinajstić information content (AvgIpc) is 2.96. The zero-order chi connectivity index (χ0) is 14.4. The van der Waals surface area contributed by atoms with E-state index in [-0.39, 0.29) is 25.0 Å². The molecule has 1 atom stereocenters. The molecule has 1 amide bonds. The zero-order valence-electron chi connectivity index (χ0n) is 11.7. The van der Waals surface area contributed by atoms with Gasteiger partial charge >= 0.3 is 0 Å². The first kappa shape index (κ1) is 14.8. The number of nitrogens with zero attached hydrogens (tertiary/aromatic N) is 4. The van der Waals surface area contributed by atoms with Gasteiger partial charge in [0, 0.05) is 6.04 Å². The second kappa shape index (κ2) is 7.23. The van der Waals surface area contributed by atoms with Crippen molar-refractivity contribution in [3.05, 3.63) is 0 Å². The number of hydrogen-bond acceptors (Lipinski definition) is 5. The smallest absolute Gasteiger partial charge is 0.241 e. The molecule has 0 radical (unpaired) electrons. The molecule has 1 unspecified atom stereocenters. The number of carbonyl (C=O) groups excluding carboxylic acids is 1. The third-order valence-electron chi connectivity index (χ3n) is 4.19. The molecule has 0 spiro atoms. The molecule has 0 aromatic rings. The van der Waals surface area contributed by atoms with Gasteiger partial charge in [0.25, 0.3) is 0 Å². The van der Waals surface area contributed by atoms with E-state index in [1.807, 2.05) is 12.1 Å². The van der Waals surface area contributed by atoms with Gasteiger partial charge in [-0.2, -0.15) is 10.5 Å². The minimum absolute atomic E-state index is 0.00293. The number of nitriles is 2. The van der Waals surface area contributed by atoms with Crippen LogP contribution in [0.1, 0.15) is 25.7 Å². The lowest BCUT2D eigenvalue weighted by Crippen LogP contribution is -2.51. The molecule has 2 heterocycles. The summed E-state index contributed by atoms with van der Waals surface area (Å²) in [5.41, 5.74) is 0. The topological polar surface area (TPSA) is 83.2 Å². The Kier molecular flexibility index (Phi) is 5.34. The van der Waals surface area contributed by atoms with E-state index in [2.05, 4.69) is 10.2 Å². The van der Waals surface area contributed by atoms with Gasteiger partial charge < -0.3 is 10.2 Å². The van der Waals surface area contributed by atoms with Gasteiger partial charge in [-0.1, -0.05) is 0 Å². The fraction of sp³-hybridized carbons (Fsp3) is 0.786. The van der Waals surface area contributed by atoms with Crippen molar-refractivity contribution < 1.29 is 4.79 Å². The normalized spacial score (nSPS) is 24.0. The number of amides is 1. The molecule has 6 nitrogen and oxygen atoms in total. The Balaban J connectivity index is 2.03. The molecular formula is C14H21N5O. The summed E-state index contributed by atoms with van der Waals surface area (Å²) < 4.78 is 0. The summed E-state index contributed by atoms with van der Waals surface area (Å²) in [6.45, 7) is 2.96. The predicted octanol–water partition coefficient (Wildman–Crippen LogP) is 0.0786. The minimum atomic E-state index is -0.139. The Morgan fingerprint density at radius 2 is 1.85 bits per heavy atom. The van der Waals surface area contributed by atoms with Crippen molar-refractivity contribution in [2.24, 2.45) is 0 Å². The van der Waals surface area contributed by atoms with Crippen molar-refractivity contribution in [2.45, 2.75) is 37.8 Å². The van der Waals surface area contributed by atoms with Crippen molar-refractivity contribution in [1.29, 1.82) is 10.5 Å². The first-order valence-corrected chi connectivity index (χ1v) is 7.27. The maximum absolute atomic E-state index is 12.5. The molecule has 6 heteroatoms. The largest absolute Gasteiger partial charge is 0.317 e. The highest BCUT2D eigenvalue weighted by Gasteiger charge is 2.37. The monoisotopic (exact) mass is 275 g/mol. The fourth-order valence-corrected chi connectivity index (χ4v) is 3.22. The summed E-state index contributed by atoms with van der Waals surface area (Å²) in [5, 5.41) is 20.9. The molecule has 20 heavy (non-hydrogen) atoms. The van der Waals surface area contributed by atoms with E-state index in [1.54, 1.807) is 0 Å². The molecule has 2 rings (SSSR count). The Morgan fingerprint density at radius 3 is 2.45 bits per heavy atom. The van der Waals surface area contributed by atoms with E-state index in [4.69, 9.17) is 10.5 Å². The van der Waals surface area contributed by atoms with Crippen LogP contribution < -0.4 is 5.32 Å². The van der Waals surface area contributed by atoms with Gasteiger partial charge in [0.15, 0.2) is 0 Å². The van der Waals surface area contributed by atoms with Crippen LogP contribution in [0.2, 0.25) is 0 Å². The van der Waals surface area contributed by atoms with Crippen LogP contribution in [0, 0.1) is 22.7 Å². The van der Waals surface area contributed by atoms with Crippen molar-refractivity contribution >= 4 is 5.91 Å². The van der Waals surface area contributed by atoms with Crippen molar-refractivity contribution in [3.8, 4) is 12.1 Å². The molecule has 108 valence electrons. The molecule has 2 aliphatic rings. The molecule has 0 aromatic carbocycles. The predicted molar refractivity (Wildman–Crippen MR) is 73.4 cm³/mol. The lowest BCUT2D eigenvalue weighted by molar-refractivity contribution is -0.135. The third kappa shape index (κ3) is 3.27. The van der Waals surface area contributed by atoms with Gasteiger partial charge in [0.05, 0.1) is 18.2 Å². The fourth-order valence-electron chi connectivity index (χ4n) is 3.22. The number of rotatable bonds is 4. The molecule has 2 saturated heterocycles. The van der Waals surface area contributed by atoms with E-state index in [1.165, 1.54) is 4.90 Å². The molecule has 0 aromatic heterocycles. The summed E-state index contributed by atoms with van der Waals surface area (Å²) in [7, 11) is 0. The van der Waals surface area contributed by atoms with Crippen molar-refractivity contribution in [2.75, 3.05) is 32.7 Å². The third-order valence-corrected chi connectivity index (χ3v) is 4.19. The van der Waals surface area contributed by atoms with Gasteiger partial charge in [-0.25, -0.2) is 0 Å². The van der Waals surface area contributed by atoms with E-state index in [0.29, 0.717) is 6.04 Å². The first-order chi connectivity index (χ1) is 9.77. The summed E-state index contributed by atoms with van der Waals surface area (Å²) in [6, 6.07) is 4.27. The van der Waals surface area contributed by atoms with Gasteiger partial charge in [-0.3, -0.25) is 9.69 Å². The van der Waals surface area contributed by atoms with Gasteiger partial charge in [-0.05, 0) is 45.3 Å². The molecule has 1 N–H and O–H groups in total. The van der Waals surface area contributed by atoms with E-state index < -0.39 is 0 Å². The Labute approximate surface area is 119 Å². The van der Waals surface area contributed by atoms with E-state index in [9.17, 15) is 4.79 Å². The highest BCUT2D eigenvalue weighted by Crippen LogP contribution is 2.25. The lowest BCUT2D eigenvalue weighted by Gasteiger charge is -2.36. The van der Waals surface area contributed by atoms with Crippen LogP contribution in [-0.4, -0.2) is 60.5 Å². The second-order valence-electron chi connectivity index (χ2n) is 5.39. The Hall–Kier alpha value is -1.63. The van der Waals surface area contributed by atoms with E-state index >= 15 is 0 Å². The Morgan fingerprint density at radius 1 is 1.20 bits per heavy atom. The van der Waals surface area contributed by atoms with Crippen molar-refractivity contribution in [1.82, 2.24) is 15.1 Å². The highest BCUT2D eigenvalue weighted by molar-refractivity contribution is 5.82. The van der Waals surface area contributed by atoms with Gasteiger partial charge in [0.1, 0.15) is 13.1 Å². The molecule has 0 aliphatic carbocycles. The maximum atomic E-state index is 12.5. The number of nitrogens with one attached hydrogen (secondary N) is 1. The van der Waals surface area contributed by atoms with Crippen LogP contribution in [0.5, 0.6) is 0 Å². The molecule has 2 aliphatic heterocycles. The van der Waals surface area contributed by atoms with Crippen LogP contribution in [0.25, 0.3) is 0 Å². The molecule has 2 fully saturated rings. The number of piperidine rings is 1. The van der Waals surface area contributed by atoms with Gasteiger partial charge in [-0.15, -0.1) is 0 Å². The minimum Gasteiger partial charge on any atom is -0.317 e. The van der Waals surface area contributed by atoms with Crippen LogP contribution in [0.3, 0.4) is 0 Å². The van der Waals surface area contributed by atoms with Crippen LogP contribution in [0.4, 0.5) is 0 Å². The quantitative estimate of drug-likeness (QED) is 0.735. The highest BCUT2D eigenvalue weighted by atomic mass is 16.2. The summed E-state index contributed by atoms with van der Waals surface area (Å²) >= 11 is 0. The van der Waals surface area contributed by atoms with Crippen molar-refractivity contribution in [3.63, 3.8) is 0 Å². The number of carbonyl (C=O) groups is 1. The van der Waals surface area contributed by atoms with E-state index in [0.717, 1.165) is 45.3 Å². The number of hydrogen-bond donors (Lipinski definition) is 1. The standard InChI is InChI=1S/C14H21N5O/c15-5-10-18(11-6-16)14(20)13-2-1-9-19(13)12-3-7-17-8-4-12/h12-13,17H,1-4,7-11H2. The van der Waals surface area contributed by atoms with Crippen LogP contribution in [-0.2, 0) is 4.79 Å². The van der Waals surface area contributed by atoms with Crippen LogP contribution >= 0.6 is 0 Å². The van der Waals surface area contributed by atoms with Gasteiger partial charge in [0.2, 0.25) is 5.91 Å². The molecule has 0 bridgehead atoms. The molecule has 0 saturated carbocycles. The van der Waals surface area contributed by atoms with Crippen LogP contribution in [0.15, 0.2) is 0 Å². The second-order valence-corrected chi connectivity index (χ2v) is 5.39. The average molecular weight is 275 g/mol. The summed E-state index contributed by atoms with van der Waals surface area (Å²) in [6.07, 6.45) is 4.00. The zero-order valence-corrected chi connectivity index (χ0v) is 11.7. The maximum Gasteiger partial charge on any atom is 0.241 e. The SMILES string of the molecule is N#CCN(CC#N)C(=O)C1CCCN1C1CCNCC1. The molecular weight excluding hydrogens is 254 g/mol.